The van der Waals surface area contributed by atoms with E-state index in [9.17, 15) is 18.0 Å². The van der Waals surface area contributed by atoms with Gasteiger partial charge in [-0.25, -0.2) is 4.79 Å². The van der Waals surface area contributed by atoms with Crippen molar-refractivity contribution in [3.05, 3.63) is 28.8 Å². The van der Waals surface area contributed by atoms with Crippen LogP contribution in [0.5, 0.6) is 5.75 Å². The quantitative estimate of drug-likeness (QED) is 0.743. The van der Waals surface area contributed by atoms with E-state index in [4.69, 9.17) is 16.3 Å². The number of rotatable bonds is 2. The van der Waals surface area contributed by atoms with Crippen LogP contribution >= 0.6 is 11.6 Å². The average molecular weight is 366 g/mol. The van der Waals surface area contributed by atoms with Crippen LogP contribution in [-0.2, 0) is 4.74 Å². The third-order valence-electron chi connectivity index (χ3n) is 3.48. The molecule has 1 aliphatic rings. The molecule has 0 aliphatic carbocycles. The Kier molecular flexibility index (Phi) is 5.22. The van der Waals surface area contributed by atoms with Gasteiger partial charge in [0.25, 0.3) is 0 Å². The van der Waals surface area contributed by atoms with Crippen molar-refractivity contribution in [3.63, 3.8) is 0 Å². The molecule has 1 fully saturated rings. The van der Waals surface area contributed by atoms with Gasteiger partial charge in [0.1, 0.15) is 11.4 Å². The summed E-state index contributed by atoms with van der Waals surface area (Å²) in [5, 5.41) is 0.348. The van der Waals surface area contributed by atoms with Crippen LogP contribution in [0.2, 0.25) is 5.02 Å². The van der Waals surface area contributed by atoms with E-state index in [1.807, 2.05) is 0 Å². The largest absolute Gasteiger partial charge is 0.573 e. The van der Waals surface area contributed by atoms with Crippen molar-refractivity contribution in [2.45, 2.75) is 45.1 Å². The third-order valence-corrected chi connectivity index (χ3v) is 3.83. The summed E-state index contributed by atoms with van der Waals surface area (Å²) in [6.45, 7) is 6.11. The number of hydrogen-bond acceptors (Lipinski definition) is 3. The number of ether oxygens (including phenoxy) is 2. The van der Waals surface area contributed by atoms with Gasteiger partial charge in [0.05, 0.1) is 0 Å². The molecule has 24 heavy (non-hydrogen) atoms. The zero-order chi connectivity index (χ0) is 18.1. The number of amides is 1. The van der Waals surface area contributed by atoms with Crippen molar-refractivity contribution in [1.82, 2.24) is 4.90 Å². The minimum atomic E-state index is -4.76. The third kappa shape index (κ3) is 5.19. The molecule has 0 N–H and O–H groups in total. The normalized spacial score (nSPS) is 18.6. The molecule has 4 nitrogen and oxygen atoms in total. The van der Waals surface area contributed by atoms with Crippen LogP contribution in [-0.4, -0.2) is 36.0 Å². The SMILES string of the molecule is CC(C)(C)OC(=O)N1CCC(c2cc(OC(F)(F)F)ccc2Cl)C1. The number of halogens is 4. The molecule has 0 bridgehead atoms. The van der Waals surface area contributed by atoms with Gasteiger partial charge in [-0.05, 0) is 51.0 Å². The molecular weight excluding hydrogens is 347 g/mol. The van der Waals surface area contributed by atoms with Gasteiger partial charge in [-0.3, -0.25) is 0 Å². The predicted molar refractivity (Wildman–Crippen MR) is 83.3 cm³/mol. The molecule has 0 saturated carbocycles. The lowest BCUT2D eigenvalue weighted by atomic mass is 9.98. The van der Waals surface area contributed by atoms with Crippen LogP contribution in [0, 0.1) is 0 Å². The molecule has 8 heteroatoms. The molecular formula is C16H19ClF3NO3. The molecule has 1 unspecified atom stereocenters. The number of alkyl halides is 3. The molecule has 134 valence electrons. The maximum atomic E-state index is 12.4. The first-order valence-corrected chi connectivity index (χ1v) is 7.85. The molecule has 0 aromatic heterocycles. The first-order valence-electron chi connectivity index (χ1n) is 7.48. The highest BCUT2D eigenvalue weighted by molar-refractivity contribution is 6.31. The second-order valence-corrected chi connectivity index (χ2v) is 7.05. The van der Waals surface area contributed by atoms with Gasteiger partial charge in [-0.1, -0.05) is 11.6 Å². The molecule has 1 atom stereocenters. The van der Waals surface area contributed by atoms with E-state index < -0.39 is 18.1 Å². The molecule has 1 aromatic carbocycles. The van der Waals surface area contributed by atoms with E-state index in [0.29, 0.717) is 30.1 Å². The van der Waals surface area contributed by atoms with Crippen molar-refractivity contribution in [2.75, 3.05) is 13.1 Å². The number of benzene rings is 1. The first kappa shape index (κ1) is 18.7. The van der Waals surface area contributed by atoms with Crippen LogP contribution in [0.4, 0.5) is 18.0 Å². The Morgan fingerprint density at radius 3 is 2.54 bits per heavy atom. The molecule has 1 amide bonds. The molecule has 1 aliphatic heterocycles. The lowest BCUT2D eigenvalue weighted by Gasteiger charge is -2.24. The fraction of sp³-hybridized carbons (Fsp3) is 0.562. The molecule has 1 aromatic rings. The molecule has 0 spiro atoms. The monoisotopic (exact) mass is 365 g/mol. The molecule has 1 heterocycles. The lowest BCUT2D eigenvalue weighted by molar-refractivity contribution is -0.274. The Bertz CT molecular complexity index is 614. The topological polar surface area (TPSA) is 38.8 Å². The summed E-state index contributed by atoms with van der Waals surface area (Å²) in [4.78, 5) is 13.6. The number of hydrogen-bond donors (Lipinski definition) is 0. The van der Waals surface area contributed by atoms with Crippen LogP contribution in [0.3, 0.4) is 0 Å². The number of nitrogens with zero attached hydrogens (tertiary/aromatic N) is 1. The van der Waals surface area contributed by atoms with Gasteiger partial charge >= 0.3 is 12.5 Å². The van der Waals surface area contributed by atoms with Crippen LogP contribution in [0.25, 0.3) is 0 Å². The summed E-state index contributed by atoms with van der Waals surface area (Å²) < 4.78 is 46.3. The summed E-state index contributed by atoms with van der Waals surface area (Å²) in [7, 11) is 0. The van der Waals surface area contributed by atoms with E-state index in [2.05, 4.69) is 4.74 Å². The second kappa shape index (κ2) is 6.70. The van der Waals surface area contributed by atoms with Gasteiger partial charge in [0, 0.05) is 24.0 Å². The number of likely N-dealkylation sites (tertiary alicyclic amines) is 1. The Hall–Kier alpha value is -1.63. The zero-order valence-electron chi connectivity index (χ0n) is 13.6. The molecule has 0 radical (unpaired) electrons. The summed E-state index contributed by atoms with van der Waals surface area (Å²) in [6.07, 6.45) is -4.61. The highest BCUT2D eigenvalue weighted by Gasteiger charge is 2.34. The minimum absolute atomic E-state index is 0.165. The van der Waals surface area contributed by atoms with E-state index in [-0.39, 0.29) is 11.7 Å². The highest BCUT2D eigenvalue weighted by Crippen LogP contribution is 2.36. The van der Waals surface area contributed by atoms with Crippen LogP contribution in [0.1, 0.15) is 38.7 Å². The zero-order valence-corrected chi connectivity index (χ0v) is 14.4. The second-order valence-electron chi connectivity index (χ2n) is 6.64. The Morgan fingerprint density at radius 2 is 1.96 bits per heavy atom. The number of carbonyl (C=O) groups excluding carboxylic acids is 1. The Morgan fingerprint density at radius 1 is 1.29 bits per heavy atom. The van der Waals surface area contributed by atoms with Gasteiger partial charge < -0.3 is 14.4 Å². The highest BCUT2D eigenvalue weighted by atomic mass is 35.5. The van der Waals surface area contributed by atoms with Crippen molar-refractivity contribution in [3.8, 4) is 5.75 Å². The molecule has 2 rings (SSSR count). The van der Waals surface area contributed by atoms with Crippen LogP contribution in [0.15, 0.2) is 18.2 Å². The summed E-state index contributed by atoms with van der Waals surface area (Å²) in [5.41, 5.74) is -0.0720. The van der Waals surface area contributed by atoms with Gasteiger partial charge in [-0.2, -0.15) is 0 Å². The van der Waals surface area contributed by atoms with E-state index in [1.165, 1.54) is 23.1 Å². The summed E-state index contributed by atoms with van der Waals surface area (Å²) in [5.74, 6) is -0.487. The predicted octanol–water partition coefficient (Wildman–Crippen LogP) is 4.96. The van der Waals surface area contributed by atoms with Crippen LogP contribution < -0.4 is 4.74 Å². The molecule has 1 saturated heterocycles. The first-order chi connectivity index (χ1) is 10.9. The van der Waals surface area contributed by atoms with Crippen molar-refractivity contribution in [1.29, 1.82) is 0 Å². The van der Waals surface area contributed by atoms with Gasteiger partial charge in [-0.15, -0.1) is 13.2 Å². The van der Waals surface area contributed by atoms with E-state index >= 15 is 0 Å². The summed E-state index contributed by atoms with van der Waals surface area (Å²) >= 11 is 6.11. The Balaban J connectivity index is 2.10. The van der Waals surface area contributed by atoms with E-state index in [0.717, 1.165) is 0 Å². The standard InChI is InChI=1S/C16H19ClF3NO3/c1-15(2,3)24-14(22)21-7-6-10(9-21)12-8-11(4-5-13(12)17)23-16(18,19)20/h4-5,8,10H,6-7,9H2,1-3H3. The Labute approximate surface area is 143 Å². The van der Waals surface area contributed by atoms with E-state index in [1.54, 1.807) is 20.8 Å². The fourth-order valence-electron chi connectivity index (χ4n) is 2.54. The van der Waals surface area contributed by atoms with Gasteiger partial charge in [0.15, 0.2) is 0 Å². The van der Waals surface area contributed by atoms with Crippen molar-refractivity contribution >= 4 is 17.7 Å². The minimum Gasteiger partial charge on any atom is -0.444 e. The smallest absolute Gasteiger partial charge is 0.444 e. The maximum absolute atomic E-state index is 12.4. The summed E-state index contributed by atoms with van der Waals surface area (Å²) in [6, 6.07) is 3.81. The van der Waals surface area contributed by atoms with Crippen molar-refractivity contribution in [2.24, 2.45) is 0 Å². The lowest BCUT2D eigenvalue weighted by Crippen LogP contribution is -2.35. The maximum Gasteiger partial charge on any atom is 0.573 e. The number of carbonyl (C=O) groups is 1. The average Bonchev–Trinajstić information content (AvgIpc) is 2.87. The van der Waals surface area contributed by atoms with Gasteiger partial charge in [0.2, 0.25) is 0 Å². The fourth-order valence-corrected chi connectivity index (χ4v) is 2.81. The van der Waals surface area contributed by atoms with Crippen molar-refractivity contribution < 1.29 is 27.4 Å².